The van der Waals surface area contributed by atoms with Gasteiger partial charge >= 0.3 is 0 Å². The molecular weight excluding hydrogens is 216 g/mol. The Morgan fingerprint density at radius 3 is 2.71 bits per heavy atom. The van der Waals surface area contributed by atoms with E-state index in [9.17, 15) is 4.79 Å². The topological polar surface area (TPSA) is 61.6 Å². The van der Waals surface area contributed by atoms with Gasteiger partial charge in [0.05, 0.1) is 0 Å². The van der Waals surface area contributed by atoms with Crippen LogP contribution in [0.25, 0.3) is 0 Å². The molecule has 1 rings (SSSR count). The number of likely N-dealkylation sites (N-methyl/N-ethyl adjacent to an activating group) is 1. The molecule has 1 saturated heterocycles. The number of amides is 1. The van der Waals surface area contributed by atoms with Crippen molar-refractivity contribution in [1.29, 1.82) is 0 Å². The van der Waals surface area contributed by atoms with E-state index in [4.69, 9.17) is 5.73 Å². The Morgan fingerprint density at radius 2 is 2.18 bits per heavy atom. The third-order valence-electron chi connectivity index (χ3n) is 3.17. The van der Waals surface area contributed by atoms with Crippen LogP contribution in [-0.4, -0.2) is 68.6 Å². The zero-order valence-electron chi connectivity index (χ0n) is 11.5. The third-order valence-corrected chi connectivity index (χ3v) is 3.17. The van der Waals surface area contributed by atoms with E-state index < -0.39 is 0 Å². The number of nitrogens with two attached hydrogens (primary N) is 1. The molecule has 0 spiro atoms. The Kier molecular flexibility index (Phi) is 4.91. The third kappa shape index (κ3) is 4.26. The summed E-state index contributed by atoms with van der Waals surface area (Å²) in [6.07, 6.45) is 0. The number of carbonyl (C=O) groups excluding carboxylic acids is 1. The van der Waals surface area contributed by atoms with Gasteiger partial charge in [-0.25, -0.2) is 0 Å². The molecule has 0 aliphatic carbocycles. The van der Waals surface area contributed by atoms with Crippen LogP contribution in [0.15, 0.2) is 0 Å². The Bertz CT molecular complexity index is 265. The maximum absolute atomic E-state index is 11.9. The number of nitrogens with zero attached hydrogens (tertiary/aromatic N) is 2. The van der Waals surface area contributed by atoms with Crippen molar-refractivity contribution in [3.8, 4) is 0 Å². The van der Waals surface area contributed by atoms with Gasteiger partial charge in [0.15, 0.2) is 0 Å². The van der Waals surface area contributed by atoms with Gasteiger partial charge in [-0.05, 0) is 19.5 Å². The lowest BCUT2D eigenvalue weighted by atomic mass is 9.93. The van der Waals surface area contributed by atoms with Gasteiger partial charge in [0, 0.05) is 32.7 Å². The number of nitrogens with one attached hydrogen (secondary N) is 1. The van der Waals surface area contributed by atoms with Crippen LogP contribution >= 0.6 is 0 Å². The highest BCUT2D eigenvalue weighted by atomic mass is 16.2. The second kappa shape index (κ2) is 5.80. The number of hydrogen-bond acceptors (Lipinski definition) is 4. The molecule has 1 aliphatic rings. The second-order valence-corrected chi connectivity index (χ2v) is 5.91. The van der Waals surface area contributed by atoms with Gasteiger partial charge in [-0.15, -0.1) is 0 Å². The standard InChI is InChI=1S/C12H26N4O/c1-12(2)8-14-11(17)10(7-13)16(9-12)6-5-15(3)4/h10H,5-9,13H2,1-4H3,(H,14,17). The lowest BCUT2D eigenvalue weighted by molar-refractivity contribution is -0.125. The summed E-state index contributed by atoms with van der Waals surface area (Å²) in [7, 11) is 4.08. The maximum atomic E-state index is 11.9. The van der Waals surface area contributed by atoms with Crippen molar-refractivity contribution in [2.24, 2.45) is 11.1 Å². The van der Waals surface area contributed by atoms with E-state index in [1.807, 2.05) is 14.1 Å². The van der Waals surface area contributed by atoms with Crippen molar-refractivity contribution < 1.29 is 4.79 Å². The first kappa shape index (κ1) is 14.4. The van der Waals surface area contributed by atoms with E-state index in [0.29, 0.717) is 6.54 Å². The fourth-order valence-corrected chi connectivity index (χ4v) is 2.15. The number of carbonyl (C=O) groups is 1. The summed E-state index contributed by atoms with van der Waals surface area (Å²) in [5, 5.41) is 2.98. The minimum atomic E-state index is -0.184. The van der Waals surface area contributed by atoms with E-state index in [2.05, 4.69) is 29.0 Å². The van der Waals surface area contributed by atoms with Crippen molar-refractivity contribution in [2.45, 2.75) is 19.9 Å². The van der Waals surface area contributed by atoms with Crippen molar-refractivity contribution >= 4 is 5.91 Å². The van der Waals surface area contributed by atoms with Crippen LogP contribution in [0.1, 0.15) is 13.8 Å². The molecule has 1 heterocycles. The van der Waals surface area contributed by atoms with Crippen LogP contribution in [0.5, 0.6) is 0 Å². The molecule has 0 bridgehead atoms. The largest absolute Gasteiger partial charge is 0.354 e. The average Bonchev–Trinajstić information content (AvgIpc) is 2.33. The lowest BCUT2D eigenvalue weighted by Crippen LogP contribution is -2.50. The van der Waals surface area contributed by atoms with Crippen LogP contribution in [-0.2, 0) is 4.79 Å². The predicted octanol–water partition coefficient (Wildman–Crippen LogP) is -0.667. The molecule has 0 aromatic carbocycles. The van der Waals surface area contributed by atoms with Crippen molar-refractivity contribution in [1.82, 2.24) is 15.1 Å². The van der Waals surface area contributed by atoms with Crippen molar-refractivity contribution in [3.63, 3.8) is 0 Å². The van der Waals surface area contributed by atoms with E-state index in [1.54, 1.807) is 0 Å². The summed E-state index contributed by atoms with van der Waals surface area (Å²) in [5.41, 5.74) is 5.84. The van der Waals surface area contributed by atoms with Gasteiger partial charge in [0.25, 0.3) is 0 Å². The molecule has 1 aliphatic heterocycles. The fraction of sp³-hybridized carbons (Fsp3) is 0.917. The van der Waals surface area contributed by atoms with Gasteiger partial charge in [-0.3, -0.25) is 9.69 Å². The summed E-state index contributed by atoms with van der Waals surface area (Å²) in [4.78, 5) is 16.3. The first-order chi connectivity index (χ1) is 7.85. The normalized spacial score (nSPS) is 25.8. The first-order valence-electron chi connectivity index (χ1n) is 6.22. The van der Waals surface area contributed by atoms with Gasteiger partial charge in [0.1, 0.15) is 6.04 Å². The van der Waals surface area contributed by atoms with Crippen LogP contribution in [0, 0.1) is 5.41 Å². The van der Waals surface area contributed by atoms with Gasteiger partial charge in [-0.1, -0.05) is 13.8 Å². The summed E-state index contributed by atoms with van der Waals surface area (Å²) < 4.78 is 0. The maximum Gasteiger partial charge on any atom is 0.238 e. The predicted molar refractivity (Wildman–Crippen MR) is 69.8 cm³/mol. The van der Waals surface area contributed by atoms with Gasteiger partial charge < -0.3 is 16.0 Å². The van der Waals surface area contributed by atoms with Crippen LogP contribution in [0.2, 0.25) is 0 Å². The first-order valence-corrected chi connectivity index (χ1v) is 6.22. The highest BCUT2D eigenvalue weighted by molar-refractivity contribution is 5.82. The van der Waals surface area contributed by atoms with E-state index in [1.165, 1.54) is 0 Å². The summed E-state index contributed by atoms with van der Waals surface area (Å²) in [6.45, 7) is 8.19. The molecule has 100 valence electrons. The Hall–Kier alpha value is -0.650. The molecule has 1 fully saturated rings. The molecule has 17 heavy (non-hydrogen) atoms. The second-order valence-electron chi connectivity index (χ2n) is 5.91. The average molecular weight is 242 g/mol. The zero-order valence-corrected chi connectivity index (χ0v) is 11.5. The minimum Gasteiger partial charge on any atom is -0.354 e. The Morgan fingerprint density at radius 1 is 1.53 bits per heavy atom. The van der Waals surface area contributed by atoms with Gasteiger partial charge in [-0.2, -0.15) is 0 Å². The van der Waals surface area contributed by atoms with Gasteiger partial charge in [0.2, 0.25) is 5.91 Å². The molecular formula is C12H26N4O. The van der Waals surface area contributed by atoms with Crippen molar-refractivity contribution in [3.05, 3.63) is 0 Å². The SMILES string of the molecule is CN(C)CCN1CC(C)(C)CNC(=O)C1CN. The van der Waals surface area contributed by atoms with E-state index in [0.717, 1.165) is 26.2 Å². The monoisotopic (exact) mass is 242 g/mol. The molecule has 0 aromatic rings. The molecule has 0 radical (unpaired) electrons. The minimum absolute atomic E-state index is 0.0665. The Labute approximate surface area is 104 Å². The summed E-state index contributed by atoms with van der Waals surface area (Å²) in [6, 6.07) is -0.184. The number of hydrogen-bond donors (Lipinski definition) is 2. The summed E-state index contributed by atoms with van der Waals surface area (Å²) >= 11 is 0. The van der Waals surface area contributed by atoms with Crippen LogP contribution in [0.4, 0.5) is 0 Å². The smallest absolute Gasteiger partial charge is 0.238 e. The van der Waals surface area contributed by atoms with Crippen LogP contribution < -0.4 is 11.1 Å². The molecule has 0 saturated carbocycles. The van der Waals surface area contributed by atoms with Crippen LogP contribution in [0.3, 0.4) is 0 Å². The highest BCUT2D eigenvalue weighted by Gasteiger charge is 2.34. The van der Waals surface area contributed by atoms with Crippen molar-refractivity contribution in [2.75, 3.05) is 46.8 Å². The molecule has 5 nitrogen and oxygen atoms in total. The lowest BCUT2D eigenvalue weighted by Gasteiger charge is -2.32. The molecule has 0 aromatic heterocycles. The van der Waals surface area contributed by atoms with E-state index in [-0.39, 0.29) is 17.4 Å². The molecule has 5 heteroatoms. The molecule has 3 N–H and O–H groups in total. The Balaban J connectivity index is 2.74. The molecule has 1 unspecified atom stereocenters. The summed E-state index contributed by atoms with van der Waals surface area (Å²) in [5.74, 6) is 0.0665. The molecule has 1 atom stereocenters. The quantitative estimate of drug-likeness (QED) is 0.686. The fourth-order valence-electron chi connectivity index (χ4n) is 2.15. The highest BCUT2D eigenvalue weighted by Crippen LogP contribution is 2.20. The van der Waals surface area contributed by atoms with E-state index >= 15 is 0 Å². The zero-order chi connectivity index (χ0) is 13.1. The number of rotatable bonds is 4. The molecule has 1 amide bonds.